The predicted octanol–water partition coefficient (Wildman–Crippen LogP) is 1.34. The van der Waals surface area contributed by atoms with Crippen LogP contribution in [0.25, 0.3) is 0 Å². The molecule has 0 saturated heterocycles. The minimum atomic E-state index is -0.450. The Kier molecular flexibility index (Phi) is 7.40. The number of nitrogens with zero attached hydrogens (tertiary/aromatic N) is 2. The van der Waals surface area contributed by atoms with E-state index in [0.29, 0.717) is 13.2 Å². The van der Waals surface area contributed by atoms with Crippen molar-refractivity contribution in [3.63, 3.8) is 0 Å². The van der Waals surface area contributed by atoms with E-state index in [-0.39, 0.29) is 0 Å². The fourth-order valence-electron chi connectivity index (χ4n) is 1.90. The van der Waals surface area contributed by atoms with Crippen molar-refractivity contribution >= 4 is 5.82 Å². The van der Waals surface area contributed by atoms with Crippen molar-refractivity contribution < 1.29 is 9.84 Å². The molecule has 1 aromatic rings. The number of hydrogen-bond donors (Lipinski definition) is 2. The van der Waals surface area contributed by atoms with Gasteiger partial charge in [0.05, 0.1) is 12.7 Å². The lowest BCUT2D eigenvalue weighted by Crippen LogP contribution is -2.31. The van der Waals surface area contributed by atoms with Crippen LogP contribution in [0, 0.1) is 0 Å². The fourth-order valence-corrected chi connectivity index (χ4v) is 1.90. The Morgan fingerprint density at radius 2 is 2.32 bits per heavy atom. The van der Waals surface area contributed by atoms with Crippen molar-refractivity contribution in [2.24, 2.45) is 0 Å². The van der Waals surface area contributed by atoms with Gasteiger partial charge in [0.25, 0.3) is 0 Å². The molecule has 19 heavy (non-hydrogen) atoms. The molecule has 1 aromatic heterocycles. The van der Waals surface area contributed by atoms with Crippen molar-refractivity contribution in [3.8, 4) is 0 Å². The first-order chi connectivity index (χ1) is 9.15. The number of rotatable bonds is 9. The first-order valence-electron chi connectivity index (χ1n) is 6.70. The van der Waals surface area contributed by atoms with Gasteiger partial charge in [0, 0.05) is 32.9 Å². The summed E-state index contributed by atoms with van der Waals surface area (Å²) < 4.78 is 4.92. The van der Waals surface area contributed by atoms with Crippen LogP contribution in [0.15, 0.2) is 18.3 Å². The molecule has 2 N–H and O–H groups in total. The first kappa shape index (κ1) is 15.9. The van der Waals surface area contributed by atoms with Gasteiger partial charge in [0.15, 0.2) is 0 Å². The first-order valence-corrected chi connectivity index (χ1v) is 6.70. The summed E-state index contributed by atoms with van der Waals surface area (Å²) in [6.07, 6.45) is 2.44. The monoisotopic (exact) mass is 267 g/mol. The van der Waals surface area contributed by atoms with E-state index in [1.54, 1.807) is 7.11 Å². The quantitative estimate of drug-likeness (QED) is 0.707. The number of likely N-dealkylation sites (N-methyl/N-ethyl adjacent to an activating group) is 1. The van der Waals surface area contributed by atoms with Crippen molar-refractivity contribution in [1.82, 2.24) is 9.88 Å². The molecule has 0 saturated carbocycles. The zero-order chi connectivity index (χ0) is 14.1. The van der Waals surface area contributed by atoms with E-state index in [1.807, 2.05) is 19.3 Å². The molecule has 0 spiro atoms. The lowest BCUT2D eigenvalue weighted by Gasteiger charge is -2.20. The number of hydrogen-bond acceptors (Lipinski definition) is 5. The summed E-state index contributed by atoms with van der Waals surface area (Å²) in [6, 6.07) is 4.05. The maximum Gasteiger partial charge on any atom is 0.126 e. The van der Waals surface area contributed by atoms with E-state index in [1.165, 1.54) is 5.56 Å². The van der Waals surface area contributed by atoms with Gasteiger partial charge in [-0.15, -0.1) is 0 Å². The molecule has 108 valence electrons. The van der Waals surface area contributed by atoms with Gasteiger partial charge < -0.3 is 15.2 Å². The number of aliphatic hydroxyl groups is 1. The van der Waals surface area contributed by atoms with Crippen molar-refractivity contribution in [2.45, 2.75) is 26.0 Å². The van der Waals surface area contributed by atoms with Gasteiger partial charge in [0.1, 0.15) is 5.82 Å². The van der Waals surface area contributed by atoms with Gasteiger partial charge in [-0.2, -0.15) is 0 Å². The van der Waals surface area contributed by atoms with Crippen LogP contribution in [0.2, 0.25) is 0 Å². The molecular formula is C14H25N3O2. The highest BCUT2D eigenvalue weighted by Crippen LogP contribution is 2.09. The molecule has 0 radical (unpaired) electrons. The third-order valence-electron chi connectivity index (χ3n) is 2.71. The van der Waals surface area contributed by atoms with Crippen molar-refractivity contribution in [1.29, 1.82) is 0 Å². The fraction of sp³-hybridized carbons (Fsp3) is 0.643. The molecule has 1 unspecified atom stereocenters. The van der Waals surface area contributed by atoms with Crippen molar-refractivity contribution in [3.05, 3.63) is 23.9 Å². The Hall–Kier alpha value is -1.17. The molecule has 0 bridgehead atoms. The molecule has 0 amide bonds. The molecule has 0 aliphatic carbocycles. The van der Waals surface area contributed by atoms with E-state index >= 15 is 0 Å². The average molecular weight is 267 g/mol. The number of anilines is 1. The summed E-state index contributed by atoms with van der Waals surface area (Å²) in [4.78, 5) is 6.35. The molecule has 1 atom stereocenters. The summed E-state index contributed by atoms with van der Waals surface area (Å²) in [5, 5.41) is 12.9. The van der Waals surface area contributed by atoms with Gasteiger partial charge in [0.2, 0.25) is 0 Å². The number of nitrogens with one attached hydrogen (secondary N) is 1. The SMILES string of the molecule is CCCNc1cc(CN(C)CC(O)COC)ccn1. The van der Waals surface area contributed by atoms with E-state index in [2.05, 4.69) is 28.2 Å². The molecule has 5 nitrogen and oxygen atoms in total. The second-order valence-corrected chi connectivity index (χ2v) is 4.78. The van der Waals surface area contributed by atoms with Crippen LogP contribution < -0.4 is 5.32 Å². The van der Waals surface area contributed by atoms with Crippen LogP contribution in [-0.4, -0.2) is 54.9 Å². The van der Waals surface area contributed by atoms with E-state index in [0.717, 1.165) is 25.3 Å². The van der Waals surface area contributed by atoms with Gasteiger partial charge in [-0.25, -0.2) is 4.98 Å². The highest BCUT2D eigenvalue weighted by molar-refractivity contribution is 5.37. The third kappa shape index (κ3) is 6.52. The minimum Gasteiger partial charge on any atom is -0.389 e. The normalized spacial score (nSPS) is 12.7. The van der Waals surface area contributed by atoms with E-state index < -0.39 is 6.10 Å². The predicted molar refractivity (Wildman–Crippen MR) is 77.2 cm³/mol. The number of ether oxygens (including phenoxy) is 1. The molecule has 1 heterocycles. The number of aromatic nitrogens is 1. The van der Waals surface area contributed by atoms with Gasteiger partial charge in [-0.05, 0) is 31.2 Å². The molecule has 1 rings (SSSR count). The standard InChI is InChI=1S/C14H25N3O2/c1-4-6-15-14-8-12(5-7-16-14)9-17(2)10-13(18)11-19-3/h5,7-8,13,18H,4,6,9-11H2,1-3H3,(H,15,16). The largest absolute Gasteiger partial charge is 0.389 e. The van der Waals surface area contributed by atoms with Gasteiger partial charge in [-0.3, -0.25) is 4.90 Å². The van der Waals surface area contributed by atoms with Crippen molar-refractivity contribution in [2.75, 3.05) is 39.2 Å². The Labute approximate surface area is 115 Å². The molecule has 0 aliphatic rings. The van der Waals surface area contributed by atoms with Crippen LogP contribution in [-0.2, 0) is 11.3 Å². The number of methoxy groups -OCH3 is 1. The summed E-state index contributed by atoms with van der Waals surface area (Å²) in [5.74, 6) is 0.908. The second kappa shape index (κ2) is 8.85. The summed E-state index contributed by atoms with van der Waals surface area (Å²) in [7, 11) is 3.58. The third-order valence-corrected chi connectivity index (χ3v) is 2.71. The summed E-state index contributed by atoms with van der Waals surface area (Å²) >= 11 is 0. The Morgan fingerprint density at radius 1 is 1.53 bits per heavy atom. The van der Waals surface area contributed by atoms with Crippen LogP contribution in [0.3, 0.4) is 0 Å². The number of pyridine rings is 1. The maximum absolute atomic E-state index is 9.68. The zero-order valence-corrected chi connectivity index (χ0v) is 12.1. The average Bonchev–Trinajstić information content (AvgIpc) is 2.36. The molecule has 0 fully saturated rings. The molecular weight excluding hydrogens is 242 g/mol. The smallest absolute Gasteiger partial charge is 0.126 e. The summed E-state index contributed by atoms with van der Waals surface area (Å²) in [6.45, 7) is 4.79. The van der Waals surface area contributed by atoms with Crippen LogP contribution >= 0.6 is 0 Å². The highest BCUT2D eigenvalue weighted by Gasteiger charge is 2.08. The van der Waals surface area contributed by atoms with Gasteiger partial charge >= 0.3 is 0 Å². The van der Waals surface area contributed by atoms with E-state index in [9.17, 15) is 5.11 Å². The minimum absolute atomic E-state index is 0.365. The second-order valence-electron chi connectivity index (χ2n) is 4.78. The topological polar surface area (TPSA) is 57.6 Å². The van der Waals surface area contributed by atoms with Gasteiger partial charge in [-0.1, -0.05) is 6.92 Å². The van der Waals surface area contributed by atoms with E-state index in [4.69, 9.17) is 4.74 Å². The molecule has 0 aliphatic heterocycles. The van der Waals surface area contributed by atoms with Crippen LogP contribution in [0.5, 0.6) is 0 Å². The molecule has 0 aromatic carbocycles. The Morgan fingerprint density at radius 3 is 3.00 bits per heavy atom. The summed E-state index contributed by atoms with van der Waals surface area (Å²) in [5.41, 5.74) is 1.18. The zero-order valence-electron chi connectivity index (χ0n) is 12.1. The Balaban J connectivity index is 2.46. The van der Waals surface area contributed by atoms with Crippen LogP contribution in [0.1, 0.15) is 18.9 Å². The van der Waals surface area contributed by atoms with Crippen LogP contribution in [0.4, 0.5) is 5.82 Å². The maximum atomic E-state index is 9.68. The Bertz CT molecular complexity index is 360. The lowest BCUT2D eigenvalue weighted by molar-refractivity contribution is 0.0419. The molecule has 5 heteroatoms. The number of aliphatic hydroxyl groups excluding tert-OH is 1. The highest BCUT2D eigenvalue weighted by atomic mass is 16.5. The lowest BCUT2D eigenvalue weighted by atomic mass is 10.2.